The second-order valence-corrected chi connectivity index (χ2v) is 6.94. The minimum atomic E-state index is -0.873. The molecule has 0 unspecified atom stereocenters. The zero-order valence-electron chi connectivity index (χ0n) is 13.1. The Balaban J connectivity index is 2.01. The predicted octanol–water partition coefficient (Wildman–Crippen LogP) is 2.52. The van der Waals surface area contributed by atoms with Crippen molar-refractivity contribution in [3.63, 3.8) is 0 Å². The van der Waals surface area contributed by atoms with Crippen LogP contribution >= 0.6 is 15.9 Å². The number of carboxylic acid groups (broad SMARTS) is 1. The molecule has 0 spiro atoms. The van der Waals surface area contributed by atoms with E-state index in [0.29, 0.717) is 31.1 Å². The summed E-state index contributed by atoms with van der Waals surface area (Å²) in [6.45, 7) is 4.62. The Morgan fingerprint density at radius 3 is 2.48 bits per heavy atom. The maximum atomic E-state index is 12.2. The third kappa shape index (κ3) is 5.13. The van der Waals surface area contributed by atoms with Crippen molar-refractivity contribution in [2.45, 2.75) is 38.6 Å². The zero-order valence-corrected chi connectivity index (χ0v) is 14.7. The van der Waals surface area contributed by atoms with Crippen LogP contribution in [0.5, 0.6) is 11.5 Å². The molecule has 7 heteroatoms. The van der Waals surface area contributed by atoms with Crippen LogP contribution in [0.25, 0.3) is 0 Å². The lowest BCUT2D eigenvalue weighted by atomic mass is 9.97. The normalized spacial score (nSPS) is 13.5. The van der Waals surface area contributed by atoms with Gasteiger partial charge in [0.2, 0.25) is 5.91 Å². The van der Waals surface area contributed by atoms with Crippen molar-refractivity contribution in [3.8, 4) is 11.5 Å². The second kappa shape index (κ2) is 7.21. The van der Waals surface area contributed by atoms with Gasteiger partial charge in [-0.3, -0.25) is 9.59 Å². The number of aliphatic carboxylic acids is 1. The molecule has 2 rings (SSSR count). The van der Waals surface area contributed by atoms with Crippen LogP contribution in [0.15, 0.2) is 16.6 Å². The topological polar surface area (TPSA) is 84.9 Å². The van der Waals surface area contributed by atoms with Gasteiger partial charge in [0, 0.05) is 16.4 Å². The first-order valence-electron chi connectivity index (χ1n) is 7.38. The molecule has 0 aromatic heterocycles. The van der Waals surface area contributed by atoms with Gasteiger partial charge < -0.3 is 19.9 Å². The van der Waals surface area contributed by atoms with E-state index in [2.05, 4.69) is 21.2 Å². The van der Waals surface area contributed by atoms with E-state index in [-0.39, 0.29) is 18.7 Å². The van der Waals surface area contributed by atoms with Crippen LogP contribution in [0.1, 0.15) is 32.3 Å². The molecule has 2 N–H and O–H groups in total. The monoisotopic (exact) mass is 385 g/mol. The summed E-state index contributed by atoms with van der Waals surface area (Å²) in [7, 11) is 0. The van der Waals surface area contributed by atoms with E-state index < -0.39 is 11.5 Å². The summed E-state index contributed by atoms with van der Waals surface area (Å²) in [5.41, 5.74) is 0.219. The van der Waals surface area contributed by atoms with Crippen molar-refractivity contribution in [2.24, 2.45) is 0 Å². The van der Waals surface area contributed by atoms with Gasteiger partial charge in [0.15, 0.2) is 11.5 Å². The lowest BCUT2D eigenvalue weighted by Crippen LogP contribution is -2.44. The number of fused-ring (bicyclic) bond motifs is 1. The van der Waals surface area contributed by atoms with Crippen LogP contribution in [-0.2, 0) is 16.0 Å². The number of carboxylic acids is 1. The van der Waals surface area contributed by atoms with Gasteiger partial charge in [-0.05, 0) is 38.0 Å². The minimum absolute atomic E-state index is 0.0149. The number of carbonyl (C=O) groups excluding carboxylic acids is 1. The summed E-state index contributed by atoms with van der Waals surface area (Å²) in [5, 5.41) is 11.6. The Kier molecular flexibility index (Phi) is 5.51. The summed E-state index contributed by atoms with van der Waals surface area (Å²) in [4.78, 5) is 22.9. The fourth-order valence-electron chi connectivity index (χ4n) is 2.32. The highest BCUT2D eigenvalue weighted by atomic mass is 79.9. The summed E-state index contributed by atoms with van der Waals surface area (Å²) >= 11 is 3.44. The average Bonchev–Trinajstić information content (AvgIpc) is 2.45. The van der Waals surface area contributed by atoms with E-state index in [0.717, 1.165) is 10.0 Å². The minimum Gasteiger partial charge on any atom is -0.486 e. The summed E-state index contributed by atoms with van der Waals surface area (Å²) in [5.74, 6) is 0.251. The van der Waals surface area contributed by atoms with Crippen molar-refractivity contribution < 1.29 is 24.2 Å². The maximum absolute atomic E-state index is 12.2. The Hall–Kier alpha value is -1.76. The lowest BCUT2D eigenvalue weighted by Gasteiger charge is -2.26. The molecule has 6 nitrogen and oxygen atoms in total. The predicted molar refractivity (Wildman–Crippen MR) is 87.9 cm³/mol. The van der Waals surface area contributed by atoms with Gasteiger partial charge in [-0.2, -0.15) is 0 Å². The van der Waals surface area contributed by atoms with Gasteiger partial charge in [-0.15, -0.1) is 0 Å². The van der Waals surface area contributed by atoms with E-state index >= 15 is 0 Å². The van der Waals surface area contributed by atoms with Crippen molar-refractivity contribution >= 4 is 27.8 Å². The fraction of sp³-hybridized carbons (Fsp3) is 0.500. The third-order valence-electron chi connectivity index (χ3n) is 3.50. The molecule has 0 radical (unpaired) electrons. The first-order valence-corrected chi connectivity index (χ1v) is 8.17. The molecule has 1 aromatic carbocycles. The number of ether oxygens (including phenoxy) is 2. The van der Waals surface area contributed by atoms with Crippen molar-refractivity contribution in [2.75, 3.05) is 13.2 Å². The number of hydrogen-bond donors (Lipinski definition) is 2. The van der Waals surface area contributed by atoms with Gasteiger partial charge in [-0.1, -0.05) is 15.9 Å². The van der Waals surface area contributed by atoms with E-state index in [4.69, 9.17) is 14.6 Å². The van der Waals surface area contributed by atoms with Crippen LogP contribution in [0.2, 0.25) is 0 Å². The highest BCUT2D eigenvalue weighted by Gasteiger charge is 2.23. The Morgan fingerprint density at radius 1 is 1.26 bits per heavy atom. The van der Waals surface area contributed by atoms with Gasteiger partial charge in [-0.25, -0.2) is 0 Å². The number of rotatable bonds is 6. The molecule has 0 saturated heterocycles. The summed E-state index contributed by atoms with van der Waals surface area (Å²) in [6.07, 6.45) is 0.561. The third-order valence-corrected chi connectivity index (χ3v) is 4.24. The molecular weight excluding hydrogens is 366 g/mol. The number of hydrogen-bond acceptors (Lipinski definition) is 4. The SMILES string of the molecule is CC(C)(CCC(=O)O)NC(=O)Cc1cc2c(cc1Br)OCCO2. The fourth-order valence-corrected chi connectivity index (χ4v) is 2.78. The van der Waals surface area contributed by atoms with Gasteiger partial charge in [0.1, 0.15) is 13.2 Å². The molecule has 0 aliphatic carbocycles. The quantitative estimate of drug-likeness (QED) is 0.785. The highest BCUT2D eigenvalue weighted by Crippen LogP contribution is 2.35. The number of benzene rings is 1. The molecular formula is C16H20BrNO5. The molecule has 1 amide bonds. The van der Waals surface area contributed by atoms with Gasteiger partial charge in [0.05, 0.1) is 6.42 Å². The van der Waals surface area contributed by atoms with Crippen LogP contribution in [-0.4, -0.2) is 35.7 Å². The van der Waals surface area contributed by atoms with Crippen molar-refractivity contribution in [1.29, 1.82) is 0 Å². The van der Waals surface area contributed by atoms with Crippen molar-refractivity contribution in [3.05, 3.63) is 22.2 Å². The molecule has 0 fully saturated rings. The van der Waals surface area contributed by atoms with E-state index in [1.54, 1.807) is 12.1 Å². The molecule has 1 aliphatic rings. The number of nitrogens with one attached hydrogen (secondary N) is 1. The molecule has 0 bridgehead atoms. The van der Waals surface area contributed by atoms with E-state index in [9.17, 15) is 9.59 Å². The molecule has 1 aliphatic heterocycles. The zero-order chi connectivity index (χ0) is 17.0. The van der Waals surface area contributed by atoms with Gasteiger partial charge in [0.25, 0.3) is 0 Å². The number of amides is 1. The molecule has 0 saturated carbocycles. The summed E-state index contributed by atoms with van der Waals surface area (Å²) < 4.78 is 11.8. The Labute approximate surface area is 143 Å². The van der Waals surface area contributed by atoms with E-state index in [1.807, 2.05) is 13.8 Å². The van der Waals surface area contributed by atoms with Crippen LogP contribution in [0, 0.1) is 0 Å². The highest BCUT2D eigenvalue weighted by molar-refractivity contribution is 9.10. The maximum Gasteiger partial charge on any atom is 0.303 e. The smallest absolute Gasteiger partial charge is 0.303 e. The standard InChI is InChI=1S/C16H20BrNO5/c1-16(2,4-3-15(20)21)18-14(19)8-10-7-12-13(9-11(10)17)23-6-5-22-12/h7,9H,3-6,8H2,1-2H3,(H,18,19)(H,20,21). The first-order chi connectivity index (χ1) is 10.8. The van der Waals surface area contributed by atoms with Crippen molar-refractivity contribution in [1.82, 2.24) is 5.32 Å². The molecule has 23 heavy (non-hydrogen) atoms. The molecule has 0 atom stereocenters. The lowest BCUT2D eigenvalue weighted by molar-refractivity contribution is -0.137. The average molecular weight is 386 g/mol. The van der Waals surface area contributed by atoms with Crippen LogP contribution in [0.4, 0.5) is 0 Å². The van der Waals surface area contributed by atoms with E-state index in [1.165, 1.54) is 0 Å². The largest absolute Gasteiger partial charge is 0.486 e. The van der Waals surface area contributed by atoms with Crippen LogP contribution < -0.4 is 14.8 Å². The molecule has 1 heterocycles. The molecule has 126 valence electrons. The number of halogens is 1. The second-order valence-electron chi connectivity index (χ2n) is 6.09. The Morgan fingerprint density at radius 2 is 1.87 bits per heavy atom. The Bertz CT molecular complexity index is 615. The molecule has 1 aromatic rings. The number of carbonyl (C=O) groups is 2. The van der Waals surface area contributed by atoms with Crippen LogP contribution in [0.3, 0.4) is 0 Å². The summed E-state index contributed by atoms with van der Waals surface area (Å²) in [6, 6.07) is 3.59. The first kappa shape index (κ1) is 17.6. The van der Waals surface area contributed by atoms with Gasteiger partial charge >= 0.3 is 5.97 Å².